The monoisotopic (exact) mass is 378 g/mol. The van der Waals surface area contributed by atoms with Crippen LogP contribution in [0.1, 0.15) is 12.8 Å². The number of hydrogen-bond donors (Lipinski definition) is 0. The second-order valence-corrected chi connectivity index (χ2v) is 17.9. The zero-order valence-electron chi connectivity index (χ0n) is 16.9. The highest BCUT2D eigenvalue weighted by molar-refractivity contribution is 6.91. The van der Waals surface area contributed by atoms with Gasteiger partial charge in [-0.05, 0) is 24.4 Å². The van der Waals surface area contributed by atoms with Crippen molar-refractivity contribution in [2.45, 2.75) is 50.6 Å². The Morgan fingerprint density at radius 3 is 1.88 bits per heavy atom. The van der Waals surface area contributed by atoms with Gasteiger partial charge in [0.1, 0.15) is 0 Å². The summed E-state index contributed by atoms with van der Waals surface area (Å²) in [7, 11) is -2.85. The molecular weight excluding hydrogens is 344 g/mol. The first kappa shape index (κ1) is 20.7. The summed E-state index contributed by atoms with van der Waals surface area (Å²) in [6, 6.07) is 23.3. The summed E-state index contributed by atoms with van der Waals surface area (Å²) in [6.07, 6.45) is 9.40. The molecule has 0 aliphatic carbocycles. The van der Waals surface area contributed by atoms with Gasteiger partial charge in [-0.25, -0.2) is 0 Å². The Hall–Kier alpha value is -1.65. The van der Waals surface area contributed by atoms with Gasteiger partial charge in [0, 0.05) is 0 Å². The van der Waals surface area contributed by atoms with Crippen LogP contribution in [0.3, 0.4) is 0 Å². The molecule has 2 aromatic rings. The Morgan fingerprint density at radius 1 is 0.808 bits per heavy atom. The second kappa shape index (κ2) is 9.34. The predicted molar refractivity (Wildman–Crippen MR) is 124 cm³/mol. The van der Waals surface area contributed by atoms with Gasteiger partial charge in [0.2, 0.25) is 0 Å². The van der Waals surface area contributed by atoms with Crippen LogP contribution in [0.5, 0.6) is 0 Å². The third-order valence-corrected chi connectivity index (χ3v) is 13.1. The maximum absolute atomic E-state index is 4.15. The molecule has 0 saturated heterocycles. The molecule has 0 fully saturated rings. The zero-order chi connectivity index (χ0) is 19.0. The predicted octanol–water partition coefficient (Wildman–Crippen LogP) is 6.11. The van der Waals surface area contributed by atoms with Crippen molar-refractivity contribution in [1.29, 1.82) is 0 Å². The molecule has 2 aromatic carbocycles. The maximum atomic E-state index is 4.15. The van der Waals surface area contributed by atoms with Crippen molar-refractivity contribution in [1.82, 2.24) is 0 Å². The fourth-order valence-corrected chi connectivity index (χ4v) is 8.68. The number of benzene rings is 2. The molecule has 0 nitrogen and oxygen atoms in total. The van der Waals surface area contributed by atoms with Gasteiger partial charge in [-0.3, -0.25) is 0 Å². The second-order valence-electron chi connectivity index (χ2n) is 8.43. The van der Waals surface area contributed by atoms with Crippen molar-refractivity contribution in [2.24, 2.45) is 0 Å². The van der Waals surface area contributed by atoms with E-state index < -0.39 is 16.1 Å². The lowest BCUT2D eigenvalue weighted by Gasteiger charge is -2.30. The highest BCUT2D eigenvalue weighted by Gasteiger charge is 2.30. The maximum Gasteiger partial charge on any atom is 0.0873 e. The number of allylic oxidation sites excluding steroid dienone is 3. The highest BCUT2D eigenvalue weighted by Crippen LogP contribution is 2.28. The van der Waals surface area contributed by atoms with Crippen LogP contribution in [0.4, 0.5) is 0 Å². The molecule has 0 spiro atoms. The molecule has 0 aliphatic rings. The van der Waals surface area contributed by atoms with Gasteiger partial charge in [-0.2, -0.15) is 0 Å². The van der Waals surface area contributed by atoms with Crippen LogP contribution in [0.25, 0.3) is 0 Å². The Morgan fingerprint density at radius 2 is 1.35 bits per heavy atom. The minimum absolute atomic E-state index is 0.619. The Labute approximate surface area is 162 Å². The molecule has 2 heteroatoms. The fraction of sp³-hybridized carbons (Fsp3) is 0.333. The van der Waals surface area contributed by atoms with Crippen molar-refractivity contribution in [3.8, 4) is 0 Å². The smallest absolute Gasteiger partial charge is 0.0873 e. The molecule has 0 amide bonds. The van der Waals surface area contributed by atoms with E-state index in [-0.39, 0.29) is 0 Å². The first-order chi connectivity index (χ1) is 12.4. The Bertz CT molecular complexity index is 700. The average molecular weight is 379 g/mol. The van der Waals surface area contributed by atoms with Gasteiger partial charge >= 0.3 is 0 Å². The van der Waals surface area contributed by atoms with Crippen LogP contribution in [0.2, 0.25) is 37.8 Å². The summed E-state index contributed by atoms with van der Waals surface area (Å²) in [4.78, 5) is 0. The Kier molecular flexibility index (Phi) is 7.42. The first-order valence-corrected chi connectivity index (χ1v) is 16.0. The molecule has 1 atom stereocenters. The van der Waals surface area contributed by atoms with Crippen LogP contribution in [0.15, 0.2) is 85.5 Å². The lowest BCUT2D eigenvalue weighted by molar-refractivity contribution is 0.842. The number of hydrogen-bond acceptors (Lipinski definition) is 0. The highest BCUT2D eigenvalue weighted by atomic mass is 28.3. The van der Waals surface area contributed by atoms with Gasteiger partial charge < -0.3 is 0 Å². The molecule has 0 aliphatic heterocycles. The minimum Gasteiger partial charge on any atom is -0.103 e. The first-order valence-electron chi connectivity index (χ1n) is 9.76. The van der Waals surface area contributed by atoms with Crippen LogP contribution in [-0.4, -0.2) is 16.1 Å². The van der Waals surface area contributed by atoms with E-state index >= 15 is 0 Å². The molecule has 1 unspecified atom stereocenters. The van der Waals surface area contributed by atoms with E-state index in [4.69, 9.17) is 0 Å². The largest absolute Gasteiger partial charge is 0.103 e. The van der Waals surface area contributed by atoms with E-state index in [1.165, 1.54) is 17.7 Å². The molecule has 138 valence electrons. The summed E-state index contributed by atoms with van der Waals surface area (Å²) in [5.74, 6) is 0. The van der Waals surface area contributed by atoms with Crippen LogP contribution in [0, 0.1) is 0 Å². The molecule has 0 saturated carbocycles. The molecule has 0 heterocycles. The molecule has 0 radical (unpaired) electrons. The fourth-order valence-electron chi connectivity index (χ4n) is 3.63. The standard InChI is InChI=1S/C24H34Si2/c1-6-22(26(4,5)24-19-12-8-13-20-24)16-14-9-15-21-25(2,3)23-17-10-7-11-18-23/h6-13,15,17-20,22H,1,14,16,21H2,2-5H3/b15-9+. The van der Waals surface area contributed by atoms with Crippen LogP contribution >= 0.6 is 0 Å². The van der Waals surface area contributed by atoms with E-state index in [0.29, 0.717) is 5.54 Å². The number of rotatable bonds is 9. The van der Waals surface area contributed by atoms with Gasteiger partial charge in [0.25, 0.3) is 0 Å². The van der Waals surface area contributed by atoms with Gasteiger partial charge in [-0.15, -0.1) is 6.58 Å². The summed E-state index contributed by atoms with van der Waals surface area (Å²) >= 11 is 0. The van der Waals surface area contributed by atoms with E-state index in [0.717, 1.165) is 6.42 Å². The average Bonchev–Trinajstić information content (AvgIpc) is 2.66. The van der Waals surface area contributed by atoms with Gasteiger partial charge in [-0.1, -0.05) is 115 Å². The SMILES string of the molecule is C=CC(CC/C=C/C[Si](C)(C)c1ccccc1)[Si](C)(C)c1ccccc1. The van der Waals surface area contributed by atoms with Gasteiger partial charge in [0.05, 0.1) is 16.1 Å². The molecule has 0 bridgehead atoms. The van der Waals surface area contributed by atoms with E-state index in [1.54, 1.807) is 5.19 Å². The topological polar surface area (TPSA) is 0 Å². The van der Waals surface area contributed by atoms with E-state index in [9.17, 15) is 0 Å². The third kappa shape index (κ3) is 5.42. The Balaban J connectivity index is 1.91. The summed E-state index contributed by atoms with van der Waals surface area (Å²) < 4.78 is 0. The quantitative estimate of drug-likeness (QED) is 0.365. The van der Waals surface area contributed by atoms with Gasteiger partial charge in [0.15, 0.2) is 0 Å². The van der Waals surface area contributed by atoms with Crippen molar-refractivity contribution in [3.05, 3.63) is 85.5 Å². The molecule has 2 rings (SSSR count). The van der Waals surface area contributed by atoms with Crippen LogP contribution < -0.4 is 10.4 Å². The van der Waals surface area contributed by atoms with E-state index in [2.05, 4.69) is 112 Å². The van der Waals surface area contributed by atoms with E-state index in [1.807, 2.05) is 0 Å². The van der Waals surface area contributed by atoms with Crippen molar-refractivity contribution in [3.63, 3.8) is 0 Å². The van der Waals surface area contributed by atoms with Crippen LogP contribution in [-0.2, 0) is 0 Å². The molecular formula is C24H34Si2. The minimum atomic E-state index is -1.50. The van der Waals surface area contributed by atoms with Crippen molar-refractivity contribution in [2.75, 3.05) is 0 Å². The third-order valence-electron chi connectivity index (χ3n) is 5.72. The zero-order valence-corrected chi connectivity index (χ0v) is 18.9. The van der Waals surface area contributed by atoms with Crippen molar-refractivity contribution >= 4 is 26.5 Å². The molecule has 26 heavy (non-hydrogen) atoms. The van der Waals surface area contributed by atoms with Crippen molar-refractivity contribution < 1.29 is 0 Å². The summed E-state index contributed by atoms with van der Waals surface area (Å²) in [5, 5.41) is 3.08. The lowest BCUT2D eigenvalue weighted by atomic mass is 10.2. The summed E-state index contributed by atoms with van der Waals surface area (Å²) in [6.45, 7) is 14.0. The summed E-state index contributed by atoms with van der Waals surface area (Å²) in [5.41, 5.74) is 0.619. The molecule has 0 aromatic heterocycles. The lowest BCUT2D eigenvalue weighted by Crippen LogP contribution is -2.45. The normalized spacial score (nSPS) is 13.7. The molecule has 0 N–H and O–H groups in total.